The molecule has 0 aliphatic heterocycles. The van der Waals surface area contributed by atoms with Crippen molar-refractivity contribution in [2.45, 2.75) is 39.4 Å². The summed E-state index contributed by atoms with van der Waals surface area (Å²) in [7, 11) is 0. The molecule has 0 heterocycles. The zero-order chi connectivity index (χ0) is 13.9. The minimum atomic E-state index is -1.06. The Kier molecular flexibility index (Phi) is 4.47. The first-order chi connectivity index (χ1) is 8.31. The van der Waals surface area contributed by atoms with Crippen molar-refractivity contribution in [3.05, 3.63) is 11.6 Å². The van der Waals surface area contributed by atoms with E-state index in [-0.39, 0.29) is 17.9 Å². The zero-order valence-corrected chi connectivity index (χ0v) is 10.5. The van der Waals surface area contributed by atoms with Gasteiger partial charge in [0, 0.05) is 25.3 Å². The number of carboxylic acid groups (broad SMARTS) is 1. The summed E-state index contributed by atoms with van der Waals surface area (Å²) in [5.74, 6) is -2.32. The maximum Gasteiger partial charge on any atom is 0.331 e. The molecule has 6 heteroatoms. The first kappa shape index (κ1) is 14.2. The van der Waals surface area contributed by atoms with Gasteiger partial charge in [-0.1, -0.05) is 6.92 Å². The summed E-state index contributed by atoms with van der Waals surface area (Å²) >= 11 is 0. The number of carbonyl (C=O) groups excluding carboxylic acids is 2. The lowest BCUT2D eigenvalue weighted by molar-refractivity contribution is -0.166. The molecule has 0 bridgehead atoms. The summed E-state index contributed by atoms with van der Waals surface area (Å²) in [4.78, 5) is 32.9. The molecule has 3 atom stereocenters. The van der Waals surface area contributed by atoms with Gasteiger partial charge in [-0.05, 0) is 12.5 Å². The molecule has 0 amide bonds. The Bertz CT molecular complexity index is 397. The molecule has 0 aromatic carbocycles. The van der Waals surface area contributed by atoms with E-state index in [9.17, 15) is 14.4 Å². The molecule has 0 saturated heterocycles. The predicted molar refractivity (Wildman–Crippen MR) is 60.6 cm³/mol. The van der Waals surface area contributed by atoms with Crippen molar-refractivity contribution in [2.24, 2.45) is 5.92 Å². The molecular weight excluding hydrogens is 240 g/mol. The molecule has 1 aliphatic rings. The first-order valence-electron chi connectivity index (χ1n) is 5.59. The second kappa shape index (κ2) is 5.66. The van der Waals surface area contributed by atoms with E-state index in [1.54, 1.807) is 6.92 Å². The molecule has 0 aromatic rings. The van der Waals surface area contributed by atoms with Gasteiger partial charge in [-0.15, -0.1) is 0 Å². The lowest BCUT2D eigenvalue weighted by Crippen LogP contribution is -2.41. The quantitative estimate of drug-likeness (QED) is 0.754. The fraction of sp³-hybridized carbons (Fsp3) is 0.583. The van der Waals surface area contributed by atoms with Crippen LogP contribution in [0.3, 0.4) is 0 Å². The maximum atomic E-state index is 11.0. The highest BCUT2D eigenvalue weighted by molar-refractivity contribution is 5.87. The summed E-state index contributed by atoms with van der Waals surface area (Å²) in [5, 5.41) is 8.96. The number of hydrogen-bond donors (Lipinski definition) is 1. The SMILES string of the molecule is CC(=O)O[C@@H]1[C@H](C)CC(C(=O)O)=C[C@H]1OC(C)=O. The second-order valence-electron chi connectivity index (χ2n) is 4.33. The van der Waals surface area contributed by atoms with Crippen LogP contribution in [-0.2, 0) is 23.9 Å². The van der Waals surface area contributed by atoms with Crippen LogP contribution in [0.4, 0.5) is 0 Å². The molecule has 1 aliphatic carbocycles. The Morgan fingerprint density at radius 3 is 2.22 bits per heavy atom. The average molecular weight is 256 g/mol. The van der Waals surface area contributed by atoms with Crippen LogP contribution in [0.1, 0.15) is 27.2 Å². The number of carboxylic acids is 1. The third kappa shape index (κ3) is 3.58. The highest BCUT2D eigenvalue weighted by Gasteiger charge is 2.36. The van der Waals surface area contributed by atoms with E-state index in [1.165, 1.54) is 19.9 Å². The van der Waals surface area contributed by atoms with Crippen molar-refractivity contribution in [1.82, 2.24) is 0 Å². The van der Waals surface area contributed by atoms with Crippen LogP contribution >= 0.6 is 0 Å². The van der Waals surface area contributed by atoms with Crippen LogP contribution in [0.2, 0.25) is 0 Å². The van der Waals surface area contributed by atoms with Gasteiger partial charge in [0.1, 0.15) is 6.10 Å². The minimum absolute atomic E-state index is 0.164. The summed E-state index contributed by atoms with van der Waals surface area (Å²) in [6.45, 7) is 4.23. The van der Waals surface area contributed by atoms with Gasteiger partial charge < -0.3 is 14.6 Å². The molecule has 1 N–H and O–H groups in total. The van der Waals surface area contributed by atoms with Crippen molar-refractivity contribution in [3.8, 4) is 0 Å². The summed E-state index contributed by atoms with van der Waals surface area (Å²) in [5.41, 5.74) is 0.164. The molecule has 0 saturated carbocycles. The molecule has 18 heavy (non-hydrogen) atoms. The molecular formula is C12H16O6. The van der Waals surface area contributed by atoms with Gasteiger partial charge in [-0.25, -0.2) is 4.79 Å². The molecule has 0 spiro atoms. The molecule has 0 radical (unpaired) electrons. The summed E-state index contributed by atoms with van der Waals surface area (Å²) in [6, 6.07) is 0. The third-order valence-corrected chi connectivity index (χ3v) is 2.67. The minimum Gasteiger partial charge on any atom is -0.478 e. The van der Waals surface area contributed by atoms with Crippen molar-refractivity contribution in [3.63, 3.8) is 0 Å². The molecule has 6 nitrogen and oxygen atoms in total. The highest BCUT2D eigenvalue weighted by Crippen LogP contribution is 2.29. The Morgan fingerprint density at radius 2 is 1.78 bits per heavy atom. The van der Waals surface area contributed by atoms with Gasteiger partial charge in [0.2, 0.25) is 0 Å². The van der Waals surface area contributed by atoms with Gasteiger partial charge in [0.25, 0.3) is 0 Å². The van der Waals surface area contributed by atoms with Gasteiger partial charge in [0.15, 0.2) is 6.10 Å². The van der Waals surface area contributed by atoms with E-state index in [2.05, 4.69) is 0 Å². The van der Waals surface area contributed by atoms with Crippen LogP contribution in [0.5, 0.6) is 0 Å². The molecule has 100 valence electrons. The van der Waals surface area contributed by atoms with E-state index in [0.29, 0.717) is 0 Å². The number of aliphatic carboxylic acids is 1. The molecule has 1 rings (SSSR count). The van der Waals surface area contributed by atoms with Gasteiger partial charge in [0.05, 0.1) is 0 Å². The molecule has 0 fully saturated rings. The van der Waals surface area contributed by atoms with Gasteiger partial charge in [-0.3, -0.25) is 9.59 Å². The largest absolute Gasteiger partial charge is 0.478 e. The fourth-order valence-electron chi connectivity index (χ4n) is 1.97. The zero-order valence-electron chi connectivity index (χ0n) is 10.5. The number of carbonyl (C=O) groups is 3. The van der Waals surface area contributed by atoms with E-state index in [4.69, 9.17) is 14.6 Å². The molecule has 0 aromatic heterocycles. The lowest BCUT2D eigenvalue weighted by atomic mass is 9.85. The lowest BCUT2D eigenvalue weighted by Gasteiger charge is -2.33. The second-order valence-corrected chi connectivity index (χ2v) is 4.33. The Balaban J connectivity index is 2.97. The summed E-state index contributed by atoms with van der Waals surface area (Å²) in [6.07, 6.45) is 0.110. The van der Waals surface area contributed by atoms with E-state index in [0.717, 1.165) is 0 Å². The van der Waals surface area contributed by atoms with Gasteiger partial charge in [-0.2, -0.15) is 0 Å². The van der Waals surface area contributed by atoms with E-state index >= 15 is 0 Å². The highest BCUT2D eigenvalue weighted by atomic mass is 16.6. The normalized spacial score (nSPS) is 27.1. The third-order valence-electron chi connectivity index (χ3n) is 2.67. The van der Waals surface area contributed by atoms with Gasteiger partial charge >= 0.3 is 17.9 Å². The topological polar surface area (TPSA) is 89.9 Å². The van der Waals surface area contributed by atoms with Crippen molar-refractivity contribution < 1.29 is 29.0 Å². The number of hydrogen-bond acceptors (Lipinski definition) is 5. The standard InChI is InChI=1S/C12H16O6/c1-6-4-9(12(15)16)5-10(17-7(2)13)11(6)18-8(3)14/h5-6,10-11H,4H2,1-3H3,(H,15,16)/t6-,10-,11-/m1/s1. The van der Waals surface area contributed by atoms with Crippen molar-refractivity contribution in [1.29, 1.82) is 0 Å². The van der Waals surface area contributed by atoms with Crippen LogP contribution in [0.25, 0.3) is 0 Å². The fourth-order valence-corrected chi connectivity index (χ4v) is 1.97. The van der Waals surface area contributed by atoms with E-state index in [1.807, 2.05) is 0 Å². The van der Waals surface area contributed by atoms with Crippen LogP contribution in [0.15, 0.2) is 11.6 Å². The summed E-state index contributed by atoms with van der Waals surface area (Å²) < 4.78 is 10.1. The predicted octanol–water partition coefficient (Wildman–Crippen LogP) is 0.901. The van der Waals surface area contributed by atoms with Crippen LogP contribution < -0.4 is 0 Å². The monoisotopic (exact) mass is 256 g/mol. The maximum absolute atomic E-state index is 11.0. The Labute approximate surface area is 105 Å². The van der Waals surface area contributed by atoms with Crippen molar-refractivity contribution >= 4 is 17.9 Å². The smallest absolute Gasteiger partial charge is 0.331 e. The van der Waals surface area contributed by atoms with Crippen LogP contribution in [0, 0.1) is 5.92 Å². The number of ether oxygens (including phenoxy) is 2. The van der Waals surface area contributed by atoms with Crippen molar-refractivity contribution in [2.75, 3.05) is 0 Å². The number of rotatable bonds is 3. The Morgan fingerprint density at radius 1 is 1.22 bits per heavy atom. The molecule has 0 unspecified atom stereocenters. The number of esters is 2. The Hall–Kier alpha value is -1.85. The average Bonchev–Trinajstić information content (AvgIpc) is 2.21. The van der Waals surface area contributed by atoms with E-state index < -0.39 is 30.1 Å². The first-order valence-corrected chi connectivity index (χ1v) is 5.59. The van der Waals surface area contributed by atoms with Crippen LogP contribution in [-0.4, -0.2) is 35.2 Å².